The molecule has 1 N–H and O–H groups in total. The third kappa shape index (κ3) is 2.38. The summed E-state index contributed by atoms with van der Waals surface area (Å²) in [5, 5.41) is 7.28. The molecule has 0 bridgehead atoms. The fourth-order valence-corrected chi connectivity index (χ4v) is 1.77. The molecule has 0 amide bonds. The van der Waals surface area contributed by atoms with Gasteiger partial charge in [-0.05, 0) is 26.3 Å². The second-order valence-electron chi connectivity index (χ2n) is 3.87. The third-order valence-electron chi connectivity index (χ3n) is 2.64. The van der Waals surface area contributed by atoms with Crippen LogP contribution in [-0.2, 0) is 12.0 Å². The van der Waals surface area contributed by atoms with E-state index in [2.05, 4.69) is 29.0 Å². The number of allylic oxidation sites excluding steroid dienone is 1. The molecule has 1 saturated heterocycles. The Kier molecular flexibility index (Phi) is 3.88. The standard InChI is InChI=1S/C10H15N3O.ClH/c1-3-5-8-12-9(14-13-8)10(2)6-4-7-11-10;/h3,11H,1,4-7H2,2H3;1H. The smallest absolute Gasteiger partial charge is 0.246 e. The average Bonchev–Trinajstić information content (AvgIpc) is 2.75. The first-order valence-electron chi connectivity index (χ1n) is 4.93. The highest BCUT2D eigenvalue weighted by Gasteiger charge is 2.35. The molecule has 1 aliphatic rings. The van der Waals surface area contributed by atoms with Crippen molar-refractivity contribution in [2.45, 2.75) is 31.7 Å². The third-order valence-corrected chi connectivity index (χ3v) is 2.64. The molecule has 84 valence electrons. The summed E-state index contributed by atoms with van der Waals surface area (Å²) in [5.41, 5.74) is -0.119. The first-order valence-corrected chi connectivity index (χ1v) is 4.93. The minimum atomic E-state index is -0.119. The van der Waals surface area contributed by atoms with Crippen LogP contribution in [0.2, 0.25) is 0 Å². The Morgan fingerprint density at radius 2 is 2.47 bits per heavy atom. The molecule has 2 rings (SSSR count). The largest absolute Gasteiger partial charge is 0.337 e. The molecule has 4 nitrogen and oxygen atoms in total. The Morgan fingerprint density at radius 3 is 3.07 bits per heavy atom. The van der Waals surface area contributed by atoms with Crippen LogP contribution in [0.3, 0.4) is 0 Å². The molecule has 0 aliphatic carbocycles. The maximum absolute atomic E-state index is 5.23. The molecule has 5 heteroatoms. The van der Waals surface area contributed by atoms with Gasteiger partial charge in [-0.3, -0.25) is 0 Å². The molecule has 1 atom stereocenters. The van der Waals surface area contributed by atoms with Crippen LogP contribution in [0.5, 0.6) is 0 Å². The van der Waals surface area contributed by atoms with Crippen LogP contribution in [0.4, 0.5) is 0 Å². The summed E-state index contributed by atoms with van der Waals surface area (Å²) in [6.07, 6.45) is 4.66. The molecule has 1 fully saturated rings. The van der Waals surface area contributed by atoms with Gasteiger partial charge >= 0.3 is 0 Å². The number of nitrogens with one attached hydrogen (secondary N) is 1. The number of nitrogens with zero attached hydrogens (tertiary/aromatic N) is 2. The first kappa shape index (κ1) is 12.2. The molecule has 1 aromatic heterocycles. The Bertz CT molecular complexity index is 331. The van der Waals surface area contributed by atoms with Gasteiger partial charge in [0, 0.05) is 6.42 Å². The van der Waals surface area contributed by atoms with E-state index in [-0.39, 0.29) is 17.9 Å². The lowest BCUT2D eigenvalue weighted by Crippen LogP contribution is -2.33. The van der Waals surface area contributed by atoms with Crippen molar-refractivity contribution >= 4 is 12.4 Å². The van der Waals surface area contributed by atoms with E-state index in [1.807, 2.05) is 0 Å². The topological polar surface area (TPSA) is 51.0 Å². The highest BCUT2D eigenvalue weighted by atomic mass is 35.5. The van der Waals surface area contributed by atoms with Crippen LogP contribution in [0.25, 0.3) is 0 Å². The highest BCUT2D eigenvalue weighted by Crippen LogP contribution is 2.28. The molecule has 1 aliphatic heterocycles. The van der Waals surface area contributed by atoms with Gasteiger partial charge in [-0.2, -0.15) is 4.98 Å². The van der Waals surface area contributed by atoms with Gasteiger partial charge in [-0.15, -0.1) is 19.0 Å². The van der Waals surface area contributed by atoms with Gasteiger partial charge in [0.05, 0.1) is 5.54 Å². The Morgan fingerprint density at radius 1 is 1.67 bits per heavy atom. The van der Waals surface area contributed by atoms with Crippen molar-refractivity contribution in [2.75, 3.05) is 6.54 Å². The van der Waals surface area contributed by atoms with Crippen molar-refractivity contribution in [3.05, 3.63) is 24.4 Å². The molecule has 1 aromatic rings. The predicted molar refractivity (Wildman–Crippen MR) is 60.0 cm³/mol. The van der Waals surface area contributed by atoms with Gasteiger partial charge in [0.1, 0.15) is 0 Å². The summed E-state index contributed by atoms with van der Waals surface area (Å²) in [6.45, 7) is 6.77. The second kappa shape index (κ2) is 4.77. The van der Waals surface area contributed by atoms with Crippen molar-refractivity contribution in [3.8, 4) is 0 Å². The minimum Gasteiger partial charge on any atom is -0.337 e. The van der Waals surface area contributed by atoms with Crippen LogP contribution in [0.1, 0.15) is 31.5 Å². The number of halogens is 1. The molecule has 15 heavy (non-hydrogen) atoms. The van der Waals surface area contributed by atoms with Gasteiger partial charge in [-0.25, -0.2) is 0 Å². The fourth-order valence-electron chi connectivity index (χ4n) is 1.77. The van der Waals surface area contributed by atoms with E-state index in [0.29, 0.717) is 18.1 Å². The quantitative estimate of drug-likeness (QED) is 0.804. The molecule has 1 unspecified atom stereocenters. The second-order valence-corrected chi connectivity index (χ2v) is 3.87. The Balaban J connectivity index is 0.00000112. The maximum atomic E-state index is 5.23. The monoisotopic (exact) mass is 229 g/mol. The zero-order valence-electron chi connectivity index (χ0n) is 8.82. The van der Waals surface area contributed by atoms with E-state index < -0.39 is 0 Å². The Labute approximate surface area is 95.5 Å². The molecular weight excluding hydrogens is 214 g/mol. The summed E-state index contributed by atoms with van der Waals surface area (Å²) in [6, 6.07) is 0. The number of aromatic nitrogens is 2. The van der Waals surface area contributed by atoms with Crippen LogP contribution >= 0.6 is 12.4 Å². The lowest BCUT2D eigenvalue weighted by Gasteiger charge is -2.18. The van der Waals surface area contributed by atoms with Gasteiger partial charge in [-0.1, -0.05) is 11.2 Å². The predicted octanol–water partition coefficient (Wildman–Crippen LogP) is 1.82. The van der Waals surface area contributed by atoms with E-state index in [1.165, 1.54) is 0 Å². The number of rotatable bonds is 3. The van der Waals surface area contributed by atoms with Crippen molar-refractivity contribution in [1.82, 2.24) is 15.5 Å². The minimum absolute atomic E-state index is 0. The zero-order valence-corrected chi connectivity index (χ0v) is 9.64. The van der Waals surface area contributed by atoms with E-state index in [9.17, 15) is 0 Å². The summed E-state index contributed by atoms with van der Waals surface area (Å²) in [5.74, 6) is 1.41. The molecule has 0 radical (unpaired) electrons. The summed E-state index contributed by atoms with van der Waals surface area (Å²) in [4.78, 5) is 4.34. The molecular formula is C10H16ClN3O. The van der Waals surface area contributed by atoms with Gasteiger partial charge in [0.15, 0.2) is 5.82 Å². The molecule has 2 heterocycles. The summed E-state index contributed by atoms with van der Waals surface area (Å²) >= 11 is 0. The summed E-state index contributed by atoms with van der Waals surface area (Å²) < 4.78 is 5.23. The molecule has 0 spiro atoms. The first-order chi connectivity index (χ1) is 6.74. The van der Waals surface area contributed by atoms with Crippen LogP contribution in [-0.4, -0.2) is 16.7 Å². The Hall–Kier alpha value is -0.870. The molecule has 0 saturated carbocycles. The normalized spacial score (nSPS) is 24.9. The van der Waals surface area contributed by atoms with Crippen LogP contribution in [0, 0.1) is 0 Å². The summed E-state index contributed by atoms with van der Waals surface area (Å²) in [7, 11) is 0. The fraction of sp³-hybridized carbons (Fsp3) is 0.600. The van der Waals surface area contributed by atoms with Crippen LogP contribution < -0.4 is 5.32 Å². The van der Waals surface area contributed by atoms with Gasteiger partial charge < -0.3 is 9.84 Å². The maximum Gasteiger partial charge on any atom is 0.246 e. The van der Waals surface area contributed by atoms with Gasteiger partial charge in [0.25, 0.3) is 0 Å². The van der Waals surface area contributed by atoms with Crippen molar-refractivity contribution in [3.63, 3.8) is 0 Å². The van der Waals surface area contributed by atoms with E-state index >= 15 is 0 Å². The SMILES string of the molecule is C=CCc1noc(C2(C)CCCN2)n1.Cl. The number of hydrogen-bond acceptors (Lipinski definition) is 4. The molecule has 0 aromatic carbocycles. The number of hydrogen-bond donors (Lipinski definition) is 1. The van der Waals surface area contributed by atoms with Crippen molar-refractivity contribution < 1.29 is 4.52 Å². The van der Waals surface area contributed by atoms with E-state index in [1.54, 1.807) is 6.08 Å². The average molecular weight is 230 g/mol. The van der Waals surface area contributed by atoms with Crippen molar-refractivity contribution in [2.24, 2.45) is 0 Å². The highest BCUT2D eigenvalue weighted by molar-refractivity contribution is 5.85. The lowest BCUT2D eigenvalue weighted by atomic mass is 10.0. The van der Waals surface area contributed by atoms with Crippen LogP contribution in [0.15, 0.2) is 17.2 Å². The van der Waals surface area contributed by atoms with E-state index in [4.69, 9.17) is 4.52 Å². The van der Waals surface area contributed by atoms with E-state index in [0.717, 1.165) is 19.4 Å². The van der Waals surface area contributed by atoms with Crippen molar-refractivity contribution in [1.29, 1.82) is 0 Å². The van der Waals surface area contributed by atoms with Gasteiger partial charge in [0.2, 0.25) is 5.89 Å². The lowest BCUT2D eigenvalue weighted by molar-refractivity contribution is 0.274. The zero-order chi connectivity index (χ0) is 10.0.